The summed E-state index contributed by atoms with van der Waals surface area (Å²) in [5.41, 5.74) is 7.75. The lowest BCUT2D eigenvalue weighted by molar-refractivity contribution is -0.757. The smallest absolute Gasteiger partial charge is 0.294 e. The van der Waals surface area contributed by atoms with Gasteiger partial charge in [0.1, 0.15) is 19.0 Å². The summed E-state index contributed by atoms with van der Waals surface area (Å²) in [5, 5.41) is 11.9. The molecule has 1 atom stereocenters. The fraction of sp³-hybridized carbons (Fsp3) is 0.462. The van der Waals surface area contributed by atoms with Gasteiger partial charge in [-0.2, -0.15) is 0 Å². The minimum absolute atomic E-state index is 0.0333. The maximum Gasteiger partial charge on any atom is 0.294 e. The second-order valence-corrected chi connectivity index (χ2v) is 4.56. The number of carbonyl (C=O) groups is 1. The zero-order chi connectivity index (χ0) is 16.0. The van der Waals surface area contributed by atoms with Crippen LogP contribution < -0.4 is 15.8 Å². The fourth-order valence-electron chi connectivity index (χ4n) is 1.68. The number of benzene rings is 1. The first-order valence-corrected chi connectivity index (χ1v) is 6.39. The Kier molecular flexibility index (Phi) is 5.92. The van der Waals surface area contributed by atoms with E-state index in [1.165, 1.54) is 0 Å². The quantitative estimate of drug-likeness (QED) is 0.443. The molecule has 1 amide bonds. The number of nitrogens with zero attached hydrogens (tertiary/aromatic N) is 1. The van der Waals surface area contributed by atoms with Crippen LogP contribution in [0.4, 0.5) is 5.69 Å². The van der Waals surface area contributed by atoms with Crippen molar-refractivity contribution in [2.24, 2.45) is 5.73 Å². The van der Waals surface area contributed by atoms with Gasteiger partial charge in [0.2, 0.25) is 5.91 Å². The lowest BCUT2D eigenvalue weighted by Gasteiger charge is -2.16. The van der Waals surface area contributed by atoms with Crippen LogP contribution in [0, 0.1) is 24.0 Å². The molecule has 0 aliphatic carbocycles. The zero-order valence-corrected chi connectivity index (χ0v) is 12.2. The van der Waals surface area contributed by atoms with E-state index >= 15 is 0 Å². The van der Waals surface area contributed by atoms with Crippen LogP contribution in [-0.2, 0) is 9.63 Å². The Morgan fingerprint density at radius 2 is 2.10 bits per heavy atom. The third kappa shape index (κ3) is 4.92. The zero-order valence-electron chi connectivity index (χ0n) is 12.2. The van der Waals surface area contributed by atoms with E-state index in [0.29, 0.717) is 11.4 Å². The van der Waals surface area contributed by atoms with E-state index in [-0.39, 0.29) is 19.1 Å². The highest BCUT2D eigenvalue weighted by Gasteiger charge is 2.14. The molecule has 0 aromatic heterocycles. The number of nitrogens with one attached hydrogen (secondary N) is 1. The van der Waals surface area contributed by atoms with Gasteiger partial charge in [-0.1, -0.05) is 6.07 Å². The van der Waals surface area contributed by atoms with Gasteiger partial charge in [0.05, 0.1) is 11.7 Å². The largest absolute Gasteiger partial charge is 0.491 e. The monoisotopic (exact) mass is 297 g/mol. The van der Waals surface area contributed by atoms with Gasteiger partial charge in [-0.05, 0) is 32.4 Å². The predicted molar refractivity (Wildman–Crippen MR) is 76.6 cm³/mol. The van der Waals surface area contributed by atoms with Gasteiger partial charge in [-0.3, -0.25) is 4.79 Å². The molecule has 0 fully saturated rings. The molecule has 1 rings (SSSR count). The van der Waals surface area contributed by atoms with Crippen molar-refractivity contribution >= 4 is 11.6 Å². The number of hydrogen-bond acceptors (Lipinski definition) is 6. The van der Waals surface area contributed by atoms with Crippen LogP contribution in [0.3, 0.4) is 0 Å². The molecule has 0 radical (unpaired) electrons. The van der Waals surface area contributed by atoms with Crippen LogP contribution in [0.15, 0.2) is 12.1 Å². The number of aryl methyl sites for hydroxylation is 1. The number of ether oxygens (including phenoxy) is 1. The van der Waals surface area contributed by atoms with Crippen LogP contribution in [0.2, 0.25) is 0 Å². The molecule has 0 aliphatic rings. The van der Waals surface area contributed by atoms with Gasteiger partial charge in [0.15, 0.2) is 0 Å². The molecule has 0 saturated heterocycles. The Morgan fingerprint density at radius 1 is 1.43 bits per heavy atom. The highest BCUT2D eigenvalue weighted by molar-refractivity contribution is 5.96. The van der Waals surface area contributed by atoms with Crippen LogP contribution in [0.1, 0.15) is 18.1 Å². The summed E-state index contributed by atoms with van der Waals surface area (Å²) in [6.07, 6.45) is 0. The number of rotatable bonds is 7. The minimum atomic E-state index is -0.875. The van der Waals surface area contributed by atoms with Crippen molar-refractivity contribution in [2.45, 2.75) is 26.8 Å². The molecule has 0 spiro atoms. The lowest BCUT2D eigenvalue weighted by atomic mass is 10.1. The van der Waals surface area contributed by atoms with Crippen molar-refractivity contribution in [3.8, 4) is 5.75 Å². The van der Waals surface area contributed by atoms with Crippen molar-refractivity contribution in [1.29, 1.82) is 0 Å². The maximum absolute atomic E-state index is 11.7. The summed E-state index contributed by atoms with van der Waals surface area (Å²) in [5.74, 6) is 0.225. The summed E-state index contributed by atoms with van der Waals surface area (Å²) >= 11 is 0. The molecule has 0 heterocycles. The van der Waals surface area contributed by atoms with E-state index in [1.807, 2.05) is 6.92 Å². The third-order valence-corrected chi connectivity index (χ3v) is 2.82. The first-order valence-electron chi connectivity index (χ1n) is 6.39. The molecule has 116 valence electrons. The summed E-state index contributed by atoms with van der Waals surface area (Å²) in [6, 6.07) is 2.90. The Morgan fingerprint density at radius 3 is 2.67 bits per heavy atom. The number of carbonyl (C=O) groups excluding carboxylic acids is 1. The molecule has 8 nitrogen and oxygen atoms in total. The van der Waals surface area contributed by atoms with Crippen molar-refractivity contribution in [3.05, 3.63) is 33.4 Å². The molecule has 0 aliphatic heterocycles. The minimum Gasteiger partial charge on any atom is -0.491 e. The highest BCUT2D eigenvalue weighted by Crippen LogP contribution is 2.29. The fourth-order valence-corrected chi connectivity index (χ4v) is 1.68. The maximum atomic E-state index is 11.7. The van der Waals surface area contributed by atoms with E-state index in [1.54, 1.807) is 26.0 Å². The Bertz CT molecular complexity index is 531. The second kappa shape index (κ2) is 7.44. The molecule has 21 heavy (non-hydrogen) atoms. The van der Waals surface area contributed by atoms with Gasteiger partial charge in [0, 0.05) is 5.56 Å². The van der Waals surface area contributed by atoms with Crippen LogP contribution in [0.5, 0.6) is 5.75 Å². The summed E-state index contributed by atoms with van der Waals surface area (Å²) in [6.45, 7) is 5.10. The molecule has 0 bridgehead atoms. The number of hydrogen-bond donors (Lipinski definition) is 2. The molecule has 1 aromatic rings. The van der Waals surface area contributed by atoms with Gasteiger partial charge in [-0.25, -0.2) is 0 Å². The summed E-state index contributed by atoms with van der Waals surface area (Å²) in [4.78, 5) is 25.9. The van der Waals surface area contributed by atoms with E-state index in [2.05, 4.69) is 10.2 Å². The average Bonchev–Trinajstić information content (AvgIpc) is 2.40. The molecule has 8 heteroatoms. The Labute approximate surface area is 122 Å². The Hall–Kier alpha value is -2.35. The number of anilines is 1. The molecular formula is C13H19N3O5. The summed E-state index contributed by atoms with van der Waals surface area (Å²) in [7, 11) is 0. The second-order valence-electron chi connectivity index (χ2n) is 4.56. The standard InChI is InChI=1S/C13H19N3O5/c1-8-4-5-11(20-6-7-21-16(18)19)9(2)12(8)15-13(17)10(3)14/h4-5,10H,6-7,14H2,1-3H3,(H,15,17). The number of nitrogens with two attached hydrogens (primary N) is 1. The van der Waals surface area contributed by atoms with Crippen LogP contribution >= 0.6 is 0 Å². The average molecular weight is 297 g/mol. The first kappa shape index (κ1) is 16.7. The molecule has 3 N–H and O–H groups in total. The predicted octanol–water partition coefficient (Wildman–Crippen LogP) is 1.18. The van der Waals surface area contributed by atoms with E-state index < -0.39 is 11.1 Å². The van der Waals surface area contributed by atoms with Gasteiger partial charge >= 0.3 is 0 Å². The topological polar surface area (TPSA) is 117 Å². The Balaban J connectivity index is 2.79. The van der Waals surface area contributed by atoms with Crippen molar-refractivity contribution < 1.29 is 19.5 Å². The normalized spacial score (nSPS) is 11.6. The van der Waals surface area contributed by atoms with E-state index in [4.69, 9.17) is 10.5 Å². The first-order chi connectivity index (χ1) is 9.82. The van der Waals surface area contributed by atoms with E-state index in [0.717, 1.165) is 11.1 Å². The van der Waals surface area contributed by atoms with Gasteiger partial charge in [0.25, 0.3) is 5.09 Å². The molecule has 0 saturated carbocycles. The molecule has 1 unspecified atom stereocenters. The van der Waals surface area contributed by atoms with Crippen LogP contribution in [0.25, 0.3) is 0 Å². The SMILES string of the molecule is Cc1ccc(OCCO[N+](=O)[O-])c(C)c1NC(=O)C(C)N. The summed E-state index contributed by atoms with van der Waals surface area (Å²) < 4.78 is 5.41. The highest BCUT2D eigenvalue weighted by atomic mass is 17.0. The van der Waals surface area contributed by atoms with Crippen molar-refractivity contribution in [1.82, 2.24) is 0 Å². The molecule has 1 aromatic carbocycles. The van der Waals surface area contributed by atoms with Gasteiger partial charge in [-0.15, -0.1) is 10.1 Å². The molecular weight excluding hydrogens is 278 g/mol. The third-order valence-electron chi connectivity index (χ3n) is 2.82. The van der Waals surface area contributed by atoms with Crippen LogP contribution in [-0.4, -0.2) is 30.2 Å². The van der Waals surface area contributed by atoms with E-state index in [9.17, 15) is 14.9 Å². The lowest BCUT2D eigenvalue weighted by Crippen LogP contribution is -2.33. The number of amides is 1. The van der Waals surface area contributed by atoms with Crippen molar-refractivity contribution in [2.75, 3.05) is 18.5 Å². The van der Waals surface area contributed by atoms with Gasteiger partial charge < -0.3 is 20.6 Å². The van der Waals surface area contributed by atoms with Crippen molar-refractivity contribution in [3.63, 3.8) is 0 Å².